The third-order valence-corrected chi connectivity index (χ3v) is 2.39. The lowest BCUT2D eigenvalue weighted by Crippen LogP contribution is -1.96. The number of allylic oxidation sites excluding steroid dienone is 9. The zero-order chi connectivity index (χ0) is 13.4. The topological polar surface area (TPSA) is 26.0 Å². The van der Waals surface area contributed by atoms with Crippen LogP contribution in [0, 0.1) is 0 Å². The highest BCUT2D eigenvalue weighted by atomic mass is 14.6. The van der Waals surface area contributed by atoms with Crippen LogP contribution >= 0.6 is 0 Å². The Balaban J connectivity index is 5.07. The molecule has 0 aliphatic heterocycles. The van der Waals surface area contributed by atoms with E-state index in [9.17, 15) is 0 Å². The Hall–Kier alpha value is -1.76. The Bertz CT molecular complexity index is 415. The maximum Gasteiger partial charge on any atom is 0.0270 e. The molecule has 0 aromatic carbocycles. The van der Waals surface area contributed by atoms with Crippen LogP contribution in [0.4, 0.5) is 0 Å². The summed E-state index contributed by atoms with van der Waals surface area (Å²) in [6.07, 6.45) is 10.1. The summed E-state index contributed by atoms with van der Waals surface area (Å²) >= 11 is 0. The van der Waals surface area contributed by atoms with Crippen molar-refractivity contribution in [2.45, 2.75) is 27.7 Å². The lowest BCUT2D eigenvalue weighted by atomic mass is 10.0. The average molecular weight is 229 g/mol. The maximum atomic E-state index is 5.64. The first kappa shape index (κ1) is 15.2. The van der Waals surface area contributed by atoms with Crippen molar-refractivity contribution in [1.29, 1.82) is 0 Å². The van der Waals surface area contributed by atoms with Gasteiger partial charge in [-0.25, -0.2) is 0 Å². The molecular weight excluding hydrogens is 206 g/mol. The molecule has 0 spiro atoms. The van der Waals surface area contributed by atoms with Gasteiger partial charge in [-0.2, -0.15) is 0 Å². The lowest BCUT2D eigenvalue weighted by Gasteiger charge is -2.05. The second-order valence-electron chi connectivity index (χ2n) is 4.01. The number of hydrogen-bond acceptors (Lipinski definition) is 1. The summed E-state index contributed by atoms with van der Waals surface area (Å²) in [5.74, 6) is 0. The maximum absolute atomic E-state index is 5.64. The third-order valence-electron chi connectivity index (χ3n) is 2.39. The Morgan fingerprint density at radius 2 is 1.65 bits per heavy atom. The summed E-state index contributed by atoms with van der Waals surface area (Å²) in [5, 5.41) is 0. The molecule has 0 aliphatic carbocycles. The molecule has 0 unspecified atom stereocenters. The van der Waals surface area contributed by atoms with E-state index in [1.54, 1.807) is 0 Å². The first-order valence-corrected chi connectivity index (χ1v) is 5.72. The molecule has 0 aliphatic rings. The quantitative estimate of drug-likeness (QED) is 0.693. The molecule has 0 aromatic rings. The summed E-state index contributed by atoms with van der Waals surface area (Å²) in [5.41, 5.74) is 10.4. The lowest BCUT2D eigenvalue weighted by molar-refractivity contribution is 1.29. The van der Waals surface area contributed by atoms with Crippen LogP contribution in [0.3, 0.4) is 0 Å². The van der Waals surface area contributed by atoms with Gasteiger partial charge in [-0.1, -0.05) is 43.0 Å². The average Bonchev–Trinajstić information content (AvgIpc) is 2.25. The van der Waals surface area contributed by atoms with E-state index in [2.05, 4.69) is 32.2 Å². The number of hydrogen-bond donors (Lipinski definition) is 1. The SMILES string of the molecule is C=C(N)/C(C)=C/C(=C\C)C(=C)/C=C(C)\C=C/C. The Morgan fingerprint density at radius 1 is 1.06 bits per heavy atom. The van der Waals surface area contributed by atoms with Crippen molar-refractivity contribution in [2.24, 2.45) is 5.73 Å². The standard InChI is InChI=1S/C16H23N/c1-7-9-12(3)10-14(5)16(8-2)11-13(4)15(6)17/h7-11H,5-6,17H2,1-4H3/b9-7-,12-10-,13-11+,16-8+. The largest absolute Gasteiger partial charge is 0.399 e. The van der Waals surface area contributed by atoms with Gasteiger partial charge in [0.25, 0.3) is 0 Å². The van der Waals surface area contributed by atoms with Gasteiger partial charge in [-0.3, -0.25) is 0 Å². The molecule has 0 fully saturated rings. The molecule has 2 N–H and O–H groups in total. The predicted octanol–water partition coefficient (Wildman–Crippen LogP) is 4.43. The molecule has 92 valence electrons. The van der Waals surface area contributed by atoms with Gasteiger partial charge >= 0.3 is 0 Å². The molecule has 0 saturated carbocycles. The molecule has 0 bridgehead atoms. The highest BCUT2D eigenvalue weighted by Gasteiger charge is 1.98. The highest BCUT2D eigenvalue weighted by molar-refractivity contribution is 5.49. The fourth-order valence-electron chi connectivity index (χ4n) is 1.36. The summed E-state index contributed by atoms with van der Waals surface area (Å²) in [6, 6.07) is 0. The first-order chi connectivity index (χ1) is 7.92. The Labute approximate surface area is 105 Å². The molecular formula is C16H23N. The predicted molar refractivity (Wildman–Crippen MR) is 78.6 cm³/mol. The highest BCUT2D eigenvalue weighted by Crippen LogP contribution is 2.16. The fourth-order valence-corrected chi connectivity index (χ4v) is 1.36. The van der Waals surface area contributed by atoms with Gasteiger partial charge in [-0.15, -0.1) is 0 Å². The summed E-state index contributed by atoms with van der Waals surface area (Å²) < 4.78 is 0. The van der Waals surface area contributed by atoms with Gasteiger partial charge in [-0.05, 0) is 50.5 Å². The first-order valence-electron chi connectivity index (χ1n) is 5.72. The number of nitrogens with two attached hydrogens (primary N) is 1. The molecule has 0 saturated heterocycles. The smallest absolute Gasteiger partial charge is 0.0270 e. The van der Waals surface area contributed by atoms with Gasteiger partial charge in [0.2, 0.25) is 0 Å². The third kappa shape index (κ3) is 5.76. The van der Waals surface area contributed by atoms with Crippen molar-refractivity contribution in [3.63, 3.8) is 0 Å². The monoisotopic (exact) mass is 229 g/mol. The summed E-state index contributed by atoms with van der Waals surface area (Å²) in [6.45, 7) is 15.8. The van der Waals surface area contributed by atoms with E-state index in [1.807, 2.05) is 39.0 Å². The van der Waals surface area contributed by atoms with Crippen molar-refractivity contribution in [1.82, 2.24) is 0 Å². The van der Waals surface area contributed by atoms with Gasteiger partial charge < -0.3 is 5.73 Å². The Morgan fingerprint density at radius 3 is 2.06 bits per heavy atom. The van der Waals surface area contributed by atoms with E-state index >= 15 is 0 Å². The van der Waals surface area contributed by atoms with Gasteiger partial charge in [0.15, 0.2) is 0 Å². The molecule has 1 heteroatoms. The van der Waals surface area contributed by atoms with Gasteiger partial charge in [0, 0.05) is 5.70 Å². The van der Waals surface area contributed by atoms with Crippen LogP contribution < -0.4 is 5.73 Å². The summed E-state index contributed by atoms with van der Waals surface area (Å²) in [7, 11) is 0. The van der Waals surface area contributed by atoms with Crippen LogP contribution in [0.15, 0.2) is 71.5 Å². The van der Waals surface area contributed by atoms with Crippen molar-refractivity contribution in [3.8, 4) is 0 Å². The van der Waals surface area contributed by atoms with Crippen molar-refractivity contribution < 1.29 is 0 Å². The Kier molecular flexibility index (Phi) is 6.73. The normalized spacial score (nSPS) is 14.2. The van der Waals surface area contributed by atoms with E-state index < -0.39 is 0 Å². The minimum atomic E-state index is 0.589. The minimum absolute atomic E-state index is 0.589. The van der Waals surface area contributed by atoms with Crippen LogP contribution in [0.2, 0.25) is 0 Å². The second kappa shape index (κ2) is 7.50. The van der Waals surface area contributed by atoms with Crippen molar-refractivity contribution in [3.05, 3.63) is 71.5 Å². The molecule has 0 atom stereocenters. The van der Waals surface area contributed by atoms with E-state index in [0.717, 1.165) is 16.7 Å². The van der Waals surface area contributed by atoms with Crippen LogP contribution in [-0.4, -0.2) is 0 Å². The van der Waals surface area contributed by atoms with Crippen molar-refractivity contribution >= 4 is 0 Å². The fraction of sp³-hybridized carbons (Fsp3) is 0.250. The van der Waals surface area contributed by atoms with Crippen molar-refractivity contribution in [2.75, 3.05) is 0 Å². The minimum Gasteiger partial charge on any atom is -0.399 e. The molecule has 17 heavy (non-hydrogen) atoms. The van der Waals surface area contributed by atoms with Crippen LogP contribution in [-0.2, 0) is 0 Å². The second-order valence-corrected chi connectivity index (χ2v) is 4.01. The van der Waals surface area contributed by atoms with E-state index in [-0.39, 0.29) is 0 Å². The molecule has 0 rings (SSSR count). The summed E-state index contributed by atoms with van der Waals surface area (Å²) in [4.78, 5) is 0. The van der Waals surface area contributed by atoms with E-state index in [4.69, 9.17) is 5.73 Å². The molecule has 0 heterocycles. The van der Waals surface area contributed by atoms with Gasteiger partial charge in [0.1, 0.15) is 0 Å². The zero-order valence-electron chi connectivity index (χ0n) is 11.4. The van der Waals surface area contributed by atoms with E-state index in [0.29, 0.717) is 5.70 Å². The molecule has 1 nitrogen and oxygen atoms in total. The number of rotatable bonds is 5. The molecule has 0 aromatic heterocycles. The van der Waals surface area contributed by atoms with Crippen LogP contribution in [0.1, 0.15) is 27.7 Å². The van der Waals surface area contributed by atoms with Crippen LogP contribution in [0.25, 0.3) is 0 Å². The molecule has 0 amide bonds. The molecule has 0 radical (unpaired) electrons. The zero-order valence-corrected chi connectivity index (χ0v) is 11.4. The van der Waals surface area contributed by atoms with Crippen LogP contribution in [0.5, 0.6) is 0 Å². The van der Waals surface area contributed by atoms with Gasteiger partial charge in [0.05, 0.1) is 0 Å². The van der Waals surface area contributed by atoms with E-state index in [1.165, 1.54) is 5.57 Å².